The van der Waals surface area contributed by atoms with E-state index in [0.717, 1.165) is 7.05 Å². The molecule has 2 aromatic heterocycles. The molecule has 2 heterocycles. The Labute approximate surface area is 125 Å². The quantitative estimate of drug-likeness (QED) is 0.516. The van der Waals surface area contributed by atoms with Crippen molar-refractivity contribution in [1.82, 2.24) is 9.55 Å². The second kappa shape index (κ2) is 5.52. The van der Waals surface area contributed by atoms with Crippen LogP contribution in [0.5, 0.6) is 5.75 Å². The fraction of sp³-hybridized carbons (Fsp3) is 0.308. The number of nitrogens with zero attached hydrogens (tertiary/aromatic N) is 2. The summed E-state index contributed by atoms with van der Waals surface area (Å²) < 4.78 is 57.5. The summed E-state index contributed by atoms with van der Waals surface area (Å²) in [6.07, 6.45) is -5.07. The van der Waals surface area contributed by atoms with Crippen molar-refractivity contribution in [1.29, 1.82) is 0 Å². The minimum absolute atomic E-state index is 0.127. The van der Waals surface area contributed by atoms with Crippen LogP contribution in [0.3, 0.4) is 0 Å². The van der Waals surface area contributed by atoms with Gasteiger partial charge >= 0.3 is 12.1 Å². The number of rotatable bonds is 2. The molecular formula is C13H10F4N2O4. The normalized spacial score (nSPS) is 11.7. The number of fused-ring (bicyclic) bond motifs is 1. The number of hydrogen-bond acceptors (Lipinski definition) is 5. The van der Waals surface area contributed by atoms with Gasteiger partial charge in [-0.25, -0.2) is 9.78 Å². The molecule has 0 amide bonds. The third-order valence-corrected chi connectivity index (χ3v) is 3.06. The molecule has 0 saturated heterocycles. The van der Waals surface area contributed by atoms with Gasteiger partial charge in [-0.3, -0.25) is 4.79 Å². The fourth-order valence-corrected chi connectivity index (χ4v) is 2.12. The topological polar surface area (TPSA) is 81.4 Å². The molecule has 124 valence electrons. The number of pyridine rings is 2. The van der Waals surface area contributed by atoms with Crippen LogP contribution in [0.2, 0.25) is 0 Å². The van der Waals surface area contributed by atoms with Crippen LogP contribution in [0.1, 0.15) is 23.0 Å². The molecule has 0 spiro atoms. The summed E-state index contributed by atoms with van der Waals surface area (Å²) in [5.74, 6) is -3.83. The zero-order valence-electron chi connectivity index (χ0n) is 11.9. The highest BCUT2D eigenvalue weighted by molar-refractivity contribution is 6.00. The molecule has 1 N–H and O–H groups in total. The third kappa shape index (κ3) is 2.71. The molecule has 0 bridgehead atoms. The van der Waals surface area contributed by atoms with Crippen LogP contribution in [0, 0.1) is 5.95 Å². The van der Waals surface area contributed by atoms with E-state index in [0.29, 0.717) is 10.6 Å². The summed E-state index contributed by atoms with van der Waals surface area (Å²) in [4.78, 5) is 26.6. The Kier molecular flexibility index (Phi) is 4.01. The van der Waals surface area contributed by atoms with Crippen molar-refractivity contribution in [3.8, 4) is 5.75 Å². The number of hydrogen-bond donors (Lipinski definition) is 1. The lowest BCUT2D eigenvalue weighted by atomic mass is 10.1. The van der Waals surface area contributed by atoms with Crippen molar-refractivity contribution in [3.05, 3.63) is 33.6 Å². The lowest BCUT2D eigenvalue weighted by Crippen LogP contribution is -2.28. The van der Waals surface area contributed by atoms with E-state index in [1.54, 1.807) is 0 Å². The molecular weight excluding hydrogens is 324 g/mol. The number of aromatic nitrogens is 2. The summed E-state index contributed by atoms with van der Waals surface area (Å²) in [7, 11) is 0.946. The first-order valence-corrected chi connectivity index (χ1v) is 6.26. The van der Waals surface area contributed by atoms with Gasteiger partial charge in [-0.1, -0.05) is 0 Å². The van der Waals surface area contributed by atoms with Gasteiger partial charge in [0.25, 0.3) is 5.56 Å². The van der Waals surface area contributed by atoms with Crippen molar-refractivity contribution in [2.75, 3.05) is 6.61 Å². The Bertz CT molecular complexity index is 858. The number of aromatic hydroxyl groups is 1. The van der Waals surface area contributed by atoms with Gasteiger partial charge in [0.2, 0.25) is 5.95 Å². The molecule has 6 nitrogen and oxygen atoms in total. The minimum atomic E-state index is -5.07. The number of halogens is 4. The first-order valence-electron chi connectivity index (χ1n) is 6.26. The minimum Gasteiger partial charge on any atom is -0.506 e. The summed E-state index contributed by atoms with van der Waals surface area (Å²) in [6.45, 7) is 1.31. The van der Waals surface area contributed by atoms with E-state index in [-0.39, 0.29) is 6.61 Å². The lowest BCUT2D eigenvalue weighted by molar-refractivity contribution is -0.140. The summed E-state index contributed by atoms with van der Waals surface area (Å²) in [6, 6.07) is 0.502. The van der Waals surface area contributed by atoms with E-state index in [9.17, 15) is 32.3 Å². The molecule has 0 unspecified atom stereocenters. The molecule has 2 rings (SSSR count). The standard InChI is InChI=1S/C13H10F4N2O4/c1-3-23-12(22)7-9(20)5-4-6(14)18-10(13(15,16)17)8(5)19(2)11(7)21/h4,20H,3H2,1-2H3. The Morgan fingerprint density at radius 1 is 1.43 bits per heavy atom. The molecule has 0 aliphatic rings. The average molecular weight is 334 g/mol. The first-order chi connectivity index (χ1) is 10.6. The molecule has 23 heavy (non-hydrogen) atoms. The monoisotopic (exact) mass is 334 g/mol. The second-order valence-electron chi connectivity index (χ2n) is 4.50. The van der Waals surface area contributed by atoms with Gasteiger partial charge in [-0.2, -0.15) is 17.6 Å². The third-order valence-electron chi connectivity index (χ3n) is 3.06. The Morgan fingerprint density at radius 3 is 2.57 bits per heavy atom. The van der Waals surface area contributed by atoms with Crippen molar-refractivity contribution < 1.29 is 32.2 Å². The van der Waals surface area contributed by atoms with E-state index in [2.05, 4.69) is 9.72 Å². The van der Waals surface area contributed by atoms with E-state index >= 15 is 0 Å². The number of carbonyl (C=O) groups excluding carboxylic acids is 1. The van der Waals surface area contributed by atoms with Gasteiger partial charge < -0.3 is 14.4 Å². The smallest absolute Gasteiger partial charge is 0.435 e. The van der Waals surface area contributed by atoms with Gasteiger partial charge in [-0.05, 0) is 6.92 Å². The first kappa shape index (κ1) is 16.7. The SMILES string of the molecule is CCOC(=O)c1c(O)c2cc(F)nc(C(F)(F)F)c2n(C)c1=O. The molecule has 0 aliphatic carbocycles. The van der Waals surface area contributed by atoms with Crippen LogP contribution < -0.4 is 5.56 Å². The average Bonchev–Trinajstić information content (AvgIpc) is 2.43. The zero-order chi connectivity index (χ0) is 17.5. The van der Waals surface area contributed by atoms with Crippen molar-refractivity contribution in [2.45, 2.75) is 13.1 Å². The van der Waals surface area contributed by atoms with Crippen molar-refractivity contribution in [3.63, 3.8) is 0 Å². The highest BCUT2D eigenvalue weighted by Crippen LogP contribution is 2.36. The highest BCUT2D eigenvalue weighted by atomic mass is 19.4. The summed E-state index contributed by atoms with van der Waals surface area (Å²) >= 11 is 0. The van der Waals surface area contributed by atoms with E-state index in [1.165, 1.54) is 6.92 Å². The summed E-state index contributed by atoms with van der Waals surface area (Å²) in [5.41, 5.74) is -4.61. The van der Waals surface area contributed by atoms with Gasteiger partial charge in [-0.15, -0.1) is 0 Å². The van der Waals surface area contributed by atoms with E-state index in [4.69, 9.17) is 0 Å². The second-order valence-corrected chi connectivity index (χ2v) is 4.50. The van der Waals surface area contributed by atoms with Crippen LogP contribution in [0.15, 0.2) is 10.9 Å². The van der Waals surface area contributed by atoms with Gasteiger partial charge in [0.15, 0.2) is 11.3 Å². The molecule has 0 fully saturated rings. The Morgan fingerprint density at radius 2 is 2.04 bits per heavy atom. The largest absolute Gasteiger partial charge is 0.506 e. The molecule has 10 heteroatoms. The van der Waals surface area contributed by atoms with Crippen LogP contribution in [-0.4, -0.2) is 27.2 Å². The number of alkyl halides is 3. The van der Waals surface area contributed by atoms with E-state index < -0.39 is 51.6 Å². The fourth-order valence-electron chi connectivity index (χ4n) is 2.12. The highest BCUT2D eigenvalue weighted by Gasteiger charge is 2.38. The Hall–Kier alpha value is -2.65. The number of esters is 1. The number of carbonyl (C=O) groups is 1. The lowest BCUT2D eigenvalue weighted by Gasteiger charge is -2.15. The van der Waals surface area contributed by atoms with Gasteiger partial charge in [0.1, 0.15) is 5.75 Å². The van der Waals surface area contributed by atoms with E-state index in [1.807, 2.05) is 0 Å². The van der Waals surface area contributed by atoms with Crippen LogP contribution in [0.25, 0.3) is 10.9 Å². The molecule has 0 aliphatic heterocycles. The zero-order valence-corrected chi connectivity index (χ0v) is 11.9. The number of ether oxygens (including phenoxy) is 1. The molecule has 0 radical (unpaired) electrons. The molecule has 0 saturated carbocycles. The van der Waals surface area contributed by atoms with Gasteiger partial charge in [0.05, 0.1) is 12.1 Å². The maximum atomic E-state index is 13.4. The predicted molar refractivity (Wildman–Crippen MR) is 69.6 cm³/mol. The number of aryl methyl sites for hydroxylation is 1. The predicted octanol–water partition coefficient (Wildman–Crippen LogP) is 1.97. The van der Waals surface area contributed by atoms with Crippen molar-refractivity contribution in [2.24, 2.45) is 7.05 Å². The molecule has 0 atom stereocenters. The van der Waals surface area contributed by atoms with Gasteiger partial charge in [0, 0.05) is 18.5 Å². The van der Waals surface area contributed by atoms with Crippen LogP contribution >= 0.6 is 0 Å². The molecule has 0 aromatic carbocycles. The van der Waals surface area contributed by atoms with Crippen molar-refractivity contribution >= 4 is 16.9 Å². The maximum absolute atomic E-state index is 13.4. The maximum Gasteiger partial charge on any atom is 0.435 e. The molecule has 2 aromatic rings. The van der Waals surface area contributed by atoms with Crippen LogP contribution in [0.4, 0.5) is 17.6 Å². The summed E-state index contributed by atoms with van der Waals surface area (Å²) in [5, 5.41) is 9.32. The van der Waals surface area contributed by atoms with Crippen LogP contribution in [-0.2, 0) is 18.0 Å². The Balaban J connectivity index is 3.00.